The normalized spacial score (nSPS) is 12.2. The highest BCUT2D eigenvalue weighted by molar-refractivity contribution is 6.84. The van der Waals surface area contributed by atoms with Crippen LogP contribution in [0.15, 0.2) is 164 Å². The van der Waals surface area contributed by atoms with Gasteiger partial charge in [-0.2, -0.15) is 0 Å². The van der Waals surface area contributed by atoms with Crippen LogP contribution in [0.4, 0.5) is 0 Å². The number of aryl methyl sites for hydroxylation is 2. The molecule has 460 valence electrons. The summed E-state index contributed by atoms with van der Waals surface area (Å²) in [5.74, 6) is 3.73. The molecule has 0 saturated carbocycles. The number of hydrogen-bond donors (Lipinski definition) is 0. The number of ether oxygens (including phenoxy) is 6. The summed E-state index contributed by atoms with van der Waals surface area (Å²) in [5, 5.41) is 0. The predicted molar refractivity (Wildman–Crippen MR) is 357 cm³/mol. The van der Waals surface area contributed by atoms with Crippen LogP contribution in [0.5, 0.6) is 34.5 Å². The molecule has 12 heteroatoms. The maximum atomic E-state index is 11.5. The van der Waals surface area contributed by atoms with Crippen molar-refractivity contribution in [2.75, 3.05) is 21.3 Å². The second-order valence-corrected chi connectivity index (χ2v) is 32.5. The molecule has 0 aromatic heterocycles. The van der Waals surface area contributed by atoms with Gasteiger partial charge in [-0.25, -0.2) is 0 Å². The van der Waals surface area contributed by atoms with Crippen molar-refractivity contribution in [2.24, 2.45) is 0 Å². The number of methoxy groups -OCH3 is 3. The fourth-order valence-corrected chi connectivity index (χ4v) is 20.2. The molecule has 7 aromatic carbocycles. The van der Waals surface area contributed by atoms with Gasteiger partial charge in [0.1, 0.15) is 34.5 Å². The molecule has 86 heavy (non-hydrogen) atoms. The second kappa shape index (κ2) is 34.8. The van der Waals surface area contributed by atoms with Crippen molar-refractivity contribution in [1.82, 2.24) is 0 Å². The first-order valence-electron chi connectivity index (χ1n) is 30.7. The summed E-state index contributed by atoms with van der Waals surface area (Å²) in [6, 6.07) is 56.8. The molecular weight excluding hydrogens is 1100 g/mol. The summed E-state index contributed by atoms with van der Waals surface area (Å²) in [7, 11) is 2.02. The van der Waals surface area contributed by atoms with Crippen LogP contribution in [-0.2, 0) is 23.9 Å². The predicted octanol–water partition coefficient (Wildman–Crippen LogP) is 19.4. The summed E-state index contributed by atoms with van der Waals surface area (Å²) in [6.45, 7) is 22.6. The van der Waals surface area contributed by atoms with Crippen LogP contribution >= 0.6 is 0 Å². The van der Waals surface area contributed by atoms with E-state index in [1.165, 1.54) is 114 Å². The van der Waals surface area contributed by atoms with Gasteiger partial charge in [0, 0.05) is 32.1 Å². The van der Waals surface area contributed by atoms with Crippen molar-refractivity contribution in [3.05, 3.63) is 203 Å². The minimum atomic E-state index is -1.53. The van der Waals surface area contributed by atoms with E-state index >= 15 is 0 Å². The molecule has 0 aliphatic rings. The molecule has 10 nitrogen and oxygen atoms in total. The van der Waals surface area contributed by atoms with Gasteiger partial charge in [0.2, 0.25) is 0 Å². The Hall–Kier alpha value is -7.26. The summed E-state index contributed by atoms with van der Waals surface area (Å²) in [5.41, 5.74) is 10.0. The highest BCUT2D eigenvalue weighted by atomic mass is 28.4. The SMILES string of the molecule is CCCC[Si](C)(C)O[Si](C)(C)CCCCCCCCCCC(c1ccc(OC)c(C)c1)c1ccc(OC(C)=O)c(C)c1.COc1ccc(-c2ccc(OC(C)=O)cc2)cc1.COc1ccc(C(C)(c2ccccc2)c2ccc(OC(C)=O)cc2)cc1. The number of carbonyl (C=O) groups excluding carboxylic acids is 3. The first-order valence-corrected chi connectivity index (χ1v) is 36.9. The average Bonchev–Trinajstić information content (AvgIpc) is 0.894. The monoisotopic (exact) mass is 1200 g/mol. The molecular formula is C74H96O10Si2. The molecule has 0 radical (unpaired) electrons. The van der Waals surface area contributed by atoms with Crippen molar-refractivity contribution in [1.29, 1.82) is 0 Å². The number of rotatable bonds is 28. The summed E-state index contributed by atoms with van der Waals surface area (Å²) in [4.78, 5) is 33.4. The molecule has 0 saturated heterocycles. The van der Waals surface area contributed by atoms with Gasteiger partial charge in [-0.15, -0.1) is 0 Å². The van der Waals surface area contributed by atoms with E-state index in [2.05, 4.69) is 102 Å². The Morgan fingerprint density at radius 3 is 1.23 bits per heavy atom. The Kier molecular flexibility index (Phi) is 28.1. The molecule has 0 bridgehead atoms. The minimum Gasteiger partial charge on any atom is -0.497 e. The van der Waals surface area contributed by atoms with Gasteiger partial charge in [0.05, 0.1) is 21.3 Å². The van der Waals surface area contributed by atoms with E-state index in [9.17, 15) is 14.4 Å². The van der Waals surface area contributed by atoms with Crippen LogP contribution in [0.3, 0.4) is 0 Å². The zero-order valence-electron chi connectivity index (χ0n) is 53.9. The van der Waals surface area contributed by atoms with E-state index in [-0.39, 0.29) is 23.3 Å². The molecule has 0 N–H and O–H groups in total. The Morgan fingerprint density at radius 2 is 0.814 bits per heavy atom. The number of benzene rings is 7. The highest BCUT2D eigenvalue weighted by Gasteiger charge is 2.33. The van der Waals surface area contributed by atoms with Gasteiger partial charge >= 0.3 is 17.9 Å². The zero-order valence-corrected chi connectivity index (χ0v) is 55.9. The maximum absolute atomic E-state index is 11.5. The maximum Gasteiger partial charge on any atom is 0.308 e. The Balaban J connectivity index is 0.000000259. The van der Waals surface area contributed by atoms with Gasteiger partial charge < -0.3 is 32.5 Å². The van der Waals surface area contributed by atoms with E-state index in [1.807, 2.05) is 104 Å². The van der Waals surface area contributed by atoms with Gasteiger partial charge in [0.15, 0.2) is 16.6 Å². The summed E-state index contributed by atoms with van der Waals surface area (Å²) >= 11 is 0. The summed E-state index contributed by atoms with van der Waals surface area (Å²) < 4.78 is 38.2. The molecule has 0 heterocycles. The van der Waals surface area contributed by atoms with Crippen molar-refractivity contribution in [3.8, 4) is 45.6 Å². The van der Waals surface area contributed by atoms with Gasteiger partial charge in [-0.3, -0.25) is 14.4 Å². The lowest BCUT2D eigenvalue weighted by Crippen LogP contribution is -2.44. The molecule has 0 aliphatic heterocycles. The van der Waals surface area contributed by atoms with Crippen LogP contribution in [0, 0.1) is 13.8 Å². The Morgan fingerprint density at radius 1 is 0.430 bits per heavy atom. The quantitative estimate of drug-likeness (QED) is 0.0154. The molecule has 0 spiro atoms. The Bertz CT molecular complexity index is 3160. The van der Waals surface area contributed by atoms with Crippen molar-refractivity contribution in [3.63, 3.8) is 0 Å². The van der Waals surface area contributed by atoms with Gasteiger partial charge in [0.25, 0.3) is 0 Å². The molecule has 7 aromatic rings. The smallest absolute Gasteiger partial charge is 0.308 e. The minimum absolute atomic E-state index is 0.281. The fraction of sp³-hybridized carbons (Fsp3) is 0.392. The van der Waals surface area contributed by atoms with Crippen molar-refractivity contribution < 1.29 is 46.9 Å². The number of esters is 3. The van der Waals surface area contributed by atoms with Crippen molar-refractivity contribution in [2.45, 2.75) is 169 Å². The number of carbonyl (C=O) groups is 3. The number of hydrogen-bond acceptors (Lipinski definition) is 10. The van der Waals surface area contributed by atoms with E-state index in [0.717, 1.165) is 57.1 Å². The van der Waals surface area contributed by atoms with Crippen LogP contribution in [-0.4, -0.2) is 55.9 Å². The molecule has 0 aliphatic carbocycles. The fourth-order valence-electron chi connectivity index (χ4n) is 11.1. The second-order valence-electron chi connectivity index (χ2n) is 23.7. The molecule has 7 rings (SSSR count). The first-order chi connectivity index (χ1) is 41.1. The lowest BCUT2D eigenvalue weighted by molar-refractivity contribution is -0.132. The summed E-state index contributed by atoms with van der Waals surface area (Å²) in [6.07, 6.45) is 14.2. The van der Waals surface area contributed by atoms with E-state index in [4.69, 9.17) is 32.5 Å². The van der Waals surface area contributed by atoms with E-state index in [1.54, 1.807) is 33.5 Å². The van der Waals surface area contributed by atoms with E-state index in [0.29, 0.717) is 23.2 Å². The third-order valence-electron chi connectivity index (χ3n) is 15.6. The molecule has 0 amide bonds. The molecule has 2 unspecified atom stereocenters. The largest absolute Gasteiger partial charge is 0.497 e. The lowest BCUT2D eigenvalue weighted by atomic mass is 9.71. The van der Waals surface area contributed by atoms with Crippen LogP contribution < -0.4 is 28.4 Å². The van der Waals surface area contributed by atoms with E-state index < -0.39 is 16.6 Å². The third-order valence-corrected chi connectivity index (χ3v) is 23.2. The zero-order chi connectivity index (χ0) is 62.7. The lowest BCUT2D eigenvalue weighted by Gasteiger charge is -2.34. The van der Waals surface area contributed by atoms with Crippen molar-refractivity contribution >= 4 is 34.5 Å². The average molecular weight is 1200 g/mol. The third kappa shape index (κ3) is 22.5. The number of unbranched alkanes of at least 4 members (excludes halogenated alkanes) is 8. The standard InChI is InChI=1S/C36H60O4Si2.C23H22O3.C15H14O3/c1-10-11-25-41(6,7)40-42(8,9)26-19-17-15-13-12-14-16-18-20-34(32-21-23-35(38-5)29(2)27-32)33-22-24-36(30(3)28-33)39-31(4)37;1-17(24)26-22-15-11-20(12-16-22)23(2,18-7-5-4-6-8-18)19-9-13-21(25-3)14-10-19;1-11(16)18-15-9-5-13(6-10-15)12-3-7-14(17-2)8-4-12/h21-24,27-28,34H,10-20,25-26H2,1-9H3;4-16H,1-3H3;3-10H,1-2H3. The highest BCUT2D eigenvalue weighted by Crippen LogP contribution is 2.40. The topological polar surface area (TPSA) is 116 Å². The first kappa shape index (κ1) is 69.5. The van der Waals surface area contributed by atoms with Gasteiger partial charge in [-0.1, -0.05) is 174 Å². The molecule has 2 atom stereocenters. The Labute approximate surface area is 517 Å². The molecule has 0 fully saturated rings. The van der Waals surface area contributed by atoms with Crippen LogP contribution in [0.1, 0.15) is 150 Å². The van der Waals surface area contributed by atoms with Gasteiger partial charge in [-0.05, 0) is 176 Å². The van der Waals surface area contributed by atoms with Crippen LogP contribution in [0.2, 0.25) is 38.3 Å². The van der Waals surface area contributed by atoms with Crippen LogP contribution in [0.25, 0.3) is 11.1 Å².